The zero-order valence-corrected chi connectivity index (χ0v) is 10.9. The van der Waals surface area contributed by atoms with E-state index in [1.54, 1.807) is 24.3 Å². The fraction of sp³-hybridized carbons (Fsp3) is 0. The molecule has 2 rings (SSSR count). The summed E-state index contributed by atoms with van der Waals surface area (Å²) in [5, 5.41) is 0.401. The Hall–Kier alpha value is -1.26. The van der Waals surface area contributed by atoms with Crippen molar-refractivity contribution in [1.82, 2.24) is 0 Å². The molecular weight excluding hydrogens is 308 g/mol. The van der Waals surface area contributed by atoms with E-state index in [-0.39, 0.29) is 0 Å². The molecule has 88 valence electrons. The minimum Gasteiger partial charge on any atom is -0.455 e. The lowest BCUT2D eigenvalue weighted by Crippen LogP contribution is -1.93. The van der Waals surface area contributed by atoms with Crippen LogP contribution in [0, 0.1) is 5.82 Å². The molecule has 0 saturated carbocycles. The Labute approximate surface area is 111 Å². The van der Waals surface area contributed by atoms with Crippen LogP contribution >= 0.6 is 27.5 Å². The molecule has 0 aliphatic carbocycles. The van der Waals surface area contributed by atoms with Crippen molar-refractivity contribution in [1.29, 1.82) is 0 Å². The Morgan fingerprint density at radius 2 is 2.00 bits per heavy atom. The van der Waals surface area contributed by atoms with Crippen molar-refractivity contribution in [2.45, 2.75) is 0 Å². The number of rotatable bonds is 2. The number of halogens is 3. The molecule has 17 heavy (non-hydrogen) atoms. The number of nitrogen functional groups attached to an aromatic ring is 1. The first-order chi connectivity index (χ1) is 8.06. The van der Waals surface area contributed by atoms with Gasteiger partial charge in [0.15, 0.2) is 5.75 Å². The maximum atomic E-state index is 13.1. The minimum absolute atomic E-state index is 0.328. The number of para-hydroxylation sites is 1. The minimum atomic E-state index is -0.394. The topological polar surface area (TPSA) is 35.2 Å². The van der Waals surface area contributed by atoms with Gasteiger partial charge in [-0.05, 0) is 24.3 Å². The predicted molar refractivity (Wildman–Crippen MR) is 70.0 cm³/mol. The van der Waals surface area contributed by atoms with Gasteiger partial charge in [-0.25, -0.2) is 4.39 Å². The summed E-state index contributed by atoms with van der Waals surface area (Å²) in [7, 11) is 0. The van der Waals surface area contributed by atoms with Crippen LogP contribution in [0.15, 0.2) is 40.9 Å². The molecule has 0 spiro atoms. The fourth-order valence-corrected chi connectivity index (χ4v) is 1.93. The van der Waals surface area contributed by atoms with Gasteiger partial charge in [0.25, 0.3) is 0 Å². The molecule has 2 aromatic rings. The quantitative estimate of drug-likeness (QED) is 0.821. The summed E-state index contributed by atoms with van der Waals surface area (Å²) in [6.45, 7) is 0. The molecule has 0 unspecified atom stereocenters. The van der Waals surface area contributed by atoms with Gasteiger partial charge in [0.2, 0.25) is 0 Å². The molecule has 0 aliphatic heterocycles. The van der Waals surface area contributed by atoms with E-state index in [4.69, 9.17) is 22.1 Å². The second-order valence-electron chi connectivity index (χ2n) is 3.36. The summed E-state index contributed by atoms with van der Waals surface area (Å²) in [4.78, 5) is 0. The number of benzene rings is 2. The first-order valence-electron chi connectivity index (χ1n) is 4.74. The van der Waals surface area contributed by atoms with E-state index in [0.29, 0.717) is 26.7 Å². The molecule has 0 amide bonds. The molecule has 2 N–H and O–H groups in total. The van der Waals surface area contributed by atoms with Crippen LogP contribution in [-0.4, -0.2) is 0 Å². The third kappa shape index (κ3) is 2.90. The van der Waals surface area contributed by atoms with Crippen LogP contribution in [0.2, 0.25) is 5.02 Å². The van der Waals surface area contributed by atoms with E-state index < -0.39 is 5.82 Å². The van der Waals surface area contributed by atoms with Crippen molar-refractivity contribution in [3.63, 3.8) is 0 Å². The highest BCUT2D eigenvalue weighted by atomic mass is 79.9. The normalized spacial score (nSPS) is 10.3. The smallest absolute Gasteiger partial charge is 0.151 e. The second kappa shape index (κ2) is 4.94. The van der Waals surface area contributed by atoms with Crippen molar-refractivity contribution >= 4 is 33.2 Å². The van der Waals surface area contributed by atoms with E-state index in [2.05, 4.69) is 15.9 Å². The van der Waals surface area contributed by atoms with Crippen molar-refractivity contribution < 1.29 is 9.13 Å². The summed E-state index contributed by atoms with van der Waals surface area (Å²) in [5.74, 6) is 0.357. The van der Waals surface area contributed by atoms with Gasteiger partial charge in [-0.3, -0.25) is 0 Å². The van der Waals surface area contributed by atoms with Gasteiger partial charge in [0, 0.05) is 10.5 Å². The molecule has 0 aliphatic rings. The van der Waals surface area contributed by atoms with Crippen LogP contribution in [0.4, 0.5) is 10.1 Å². The van der Waals surface area contributed by atoms with E-state index in [1.165, 1.54) is 12.1 Å². The third-order valence-electron chi connectivity index (χ3n) is 2.08. The highest BCUT2D eigenvalue weighted by molar-refractivity contribution is 9.10. The third-order valence-corrected chi connectivity index (χ3v) is 2.86. The molecule has 2 nitrogen and oxygen atoms in total. The van der Waals surface area contributed by atoms with Crippen molar-refractivity contribution in [2.75, 3.05) is 5.73 Å². The largest absolute Gasteiger partial charge is 0.455 e. The van der Waals surface area contributed by atoms with Crippen LogP contribution in [0.3, 0.4) is 0 Å². The van der Waals surface area contributed by atoms with Gasteiger partial charge in [0.1, 0.15) is 11.6 Å². The molecule has 0 bridgehead atoms. The standard InChI is InChI=1S/C12H8BrClFNO/c13-7-4-8(15)6-9(5-7)17-11-3-1-2-10(14)12(11)16/h1-6H,16H2. The van der Waals surface area contributed by atoms with Crippen LogP contribution in [0.25, 0.3) is 0 Å². The highest BCUT2D eigenvalue weighted by Crippen LogP contribution is 2.33. The Kier molecular flexibility index (Phi) is 3.54. The monoisotopic (exact) mass is 315 g/mol. The SMILES string of the molecule is Nc1c(Cl)cccc1Oc1cc(F)cc(Br)c1. The van der Waals surface area contributed by atoms with Crippen molar-refractivity contribution in [3.05, 3.63) is 51.7 Å². The molecule has 2 aromatic carbocycles. The predicted octanol–water partition coefficient (Wildman–Crippen LogP) is 4.62. The molecule has 5 heteroatoms. The van der Waals surface area contributed by atoms with Gasteiger partial charge in [-0.1, -0.05) is 33.6 Å². The maximum absolute atomic E-state index is 13.1. The Morgan fingerprint density at radius 1 is 1.24 bits per heavy atom. The van der Waals surface area contributed by atoms with Gasteiger partial charge in [0.05, 0.1) is 10.7 Å². The molecule has 0 atom stereocenters. The van der Waals surface area contributed by atoms with Crippen LogP contribution < -0.4 is 10.5 Å². The lowest BCUT2D eigenvalue weighted by Gasteiger charge is -2.09. The number of nitrogens with two attached hydrogens (primary N) is 1. The Morgan fingerprint density at radius 3 is 2.71 bits per heavy atom. The van der Waals surface area contributed by atoms with Crippen molar-refractivity contribution in [2.24, 2.45) is 0 Å². The Bertz CT molecular complexity index is 542. The average Bonchev–Trinajstić information content (AvgIpc) is 2.23. The van der Waals surface area contributed by atoms with Crippen LogP contribution in [0.1, 0.15) is 0 Å². The molecule has 0 fully saturated rings. The zero-order valence-electron chi connectivity index (χ0n) is 8.58. The molecule has 0 saturated heterocycles. The van der Waals surface area contributed by atoms with Gasteiger partial charge < -0.3 is 10.5 Å². The van der Waals surface area contributed by atoms with E-state index in [9.17, 15) is 4.39 Å². The zero-order chi connectivity index (χ0) is 12.4. The average molecular weight is 317 g/mol. The number of ether oxygens (including phenoxy) is 1. The summed E-state index contributed by atoms with van der Waals surface area (Å²) in [5.41, 5.74) is 6.07. The number of hydrogen-bond donors (Lipinski definition) is 1. The molecule has 0 heterocycles. The lowest BCUT2D eigenvalue weighted by molar-refractivity contribution is 0.478. The summed E-state index contributed by atoms with van der Waals surface area (Å²) >= 11 is 9.04. The summed E-state index contributed by atoms with van der Waals surface area (Å²) < 4.78 is 19.2. The first kappa shape index (κ1) is 12.2. The molecule has 0 aromatic heterocycles. The van der Waals surface area contributed by atoms with Gasteiger partial charge >= 0.3 is 0 Å². The fourth-order valence-electron chi connectivity index (χ4n) is 1.32. The summed E-state index contributed by atoms with van der Waals surface area (Å²) in [6, 6.07) is 9.29. The van der Waals surface area contributed by atoms with Crippen LogP contribution in [0.5, 0.6) is 11.5 Å². The van der Waals surface area contributed by atoms with Gasteiger partial charge in [-0.2, -0.15) is 0 Å². The number of anilines is 1. The first-order valence-corrected chi connectivity index (χ1v) is 5.91. The van der Waals surface area contributed by atoms with Gasteiger partial charge in [-0.15, -0.1) is 0 Å². The van der Waals surface area contributed by atoms with Crippen LogP contribution in [-0.2, 0) is 0 Å². The molecular formula is C12H8BrClFNO. The lowest BCUT2D eigenvalue weighted by atomic mass is 10.3. The number of hydrogen-bond acceptors (Lipinski definition) is 2. The molecule has 0 radical (unpaired) electrons. The van der Waals surface area contributed by atoms with E-state index in [1.807, 2.05) is 0 Å². The highest BCUT2D eigenvalue weighted by Gasteiger charge is 2.07. The Balaban J connectivity index is 2.34. The maximum Gasteiger partial charge on any atom is 0.151 e. The second-order valence-corrected chi connectivity index (χ2v) is 4.68. The van der Waals surface area contributed by atoms with E-state index in [0.717, 1.165) is 0 Å². The summed E-state index contributed by atoms with van der Waals surface area (Å²) in [6.07, 6.45) is 0. The van der Waals surface area contributed by atoms with E-state index >= 15 is 0 Å². The van der Waals surface area contributed by atoms with Crippen molar-refractivity contribution in [3.8, 4) is 11.5 Å².